The number of hydrogen-bond donors (Lipinski definition) is 2. The van der Waals surface area contributed by atoms with Crippen molar-refractivity contribution >= 4 is 21.8 Å². The Morgan fingerprint density at radius 1 is 1.33 bits per heavy atom. The van der Waals surface area contributed by atoms with Gasteiger partial charge in [0, 0.05) is 23.0 Å². The van der Waals surface area contributed by atoms with Gasteiger partial charge < -0.3 is 10.6 Å². The first-order valence-corrected chi connectivity index (χ1v) is 8.71. The van der Waals surface area contributed by atoms with Crippen molar-refractivity contribution < 1.29 is 4.79 Å². The van der Waals surface area contributed by atoms with E-state index in [1.54, 1.807) is 0 Å². The van der Waals surface area contributed by atoms with Crippen LogP contribution in [0.15, 0.2) is 28.7 Å². The van der Waals surface area contributed by atoms with Gasteiger partial charge in [-0.05, 0) is 50.2 Å². The summed E-state index contributed by atoms with van der Waals surface area (Å²) in [5.41, 5.74) is 1.14. The fourth-order valence-electron chi connectivity index (χ4n) is 3.81. The molecule has 3 atom stereocenters. The molecule has 2 unspecified atom stereocenters. The minimum atomic E-state index is 0.0477. The molecule has 21 heavy (non-hydrogen) atoms. The molecule has 2 bridgehead atoms. The van der Waals surface area contributed by atoms with Crippen LogP contribution in [0.3, 0.4) is 0 Å². The molecule has 2 aliphatic rings. The van der Waals surface area contributed by atoms with Crippen LogP contribution in [0.5, 0.6) is 0 Å². The molecule has 2 fully saturated rings. The van der Waals surface area contributed by atoms with Crippen molar-refractivity contribution in [3.8, 4) is 0 Å². The van der Waals surface area contributed by atoms with Crippen LogP contribution in [0, 0.1) is 5.92 Å². The number of carbonyl (C=O) groups is 1. The maximum absolute atomic E-state index is 12.3. The van der Waals surface area contributed by atoms with Crippen LogP contribution in [-0.2, 0) is 4.79 Å². The Morgan fingerprint density at radius 3 is 2.67 bits per heavy atom. The number of piperidine rings is 1. The van der Waals surface area contributed by atoms with Crippen molar-refractivity contribution in [3.63, 3.8) is 0 Å². The van der Waals surface area contributed by atoms with Crippen LogP contribution in [-0.4, -0.2) is 18.0 Å². The highest BCUT2D eigenvalue weighted by atomic mass is 79.9. The average Bonchev–Trinajstić information content (AvgIpc) is 2.78. The molecular weight excluding hydrogens is 328 g/mol. The molecule has 2 aliphatic heterocycles. The highest BCUT2D eigenvalue weighted by Crippen LogP contribution is 2.32. The Morgan fingerprint density at radius 2 is 2.00 bits per heavy atom. The third-order valence-corrected chi connectivity index (χ3v) is 5.52. The first kappa shape index (κ1) is 15.0. The Balaban J connectivity index is 1.53. The number of benzene rings is 1. The molecule has 0 saturated carbocycles. The summed E-state index contributed by atoms with van der Waals surface area (Å²) >= 11 is 3.55. The van der Waals surface area contributed by atoms with E-state index in [0.29, 0.717) is 24.4 Å². The smallest absolute Gasteiger partial charge is 0.220 e. The van der Waals surface area contributed by atoms with Crippen molar-refractivity contribution in [1.29, 1.82) is 0 Å². The lowest BCUT2D eigenvalue weighted by Crippen LogP contribution is -2.40. The van der Waals surface area contributed by atoms with E-state index in [0.717, 1.165) is 22.9 Å². The van der Waals surface area contributed by atoms with Gasteiger partial charge in [-0.3, -0.25) is 4.79 Å². The molecule has 1 aromatic rings. The summed E-state index contributed by atoms with van der Waals surface area (Å²) < 4.78 is 1.05. The monoisotopic (exact) mass is 350 g/mol. The van der Waals surface area contributed by atoms with Crippen molar-refractivity contribution in [1.82, 2.24) is 10.6 Å². The van der Waals surface area contributed by atoms with Crippen molar-refractivity contribution in [2.75, 3.05) is 0 Å². The quantitative estimate of drug-likeness (QED) is 0.871. The zero-order valence-electron chi connectivity index (χ0n) is 12.4. The molecule has 0 aromatic heterocycles. The molecule has 2 saturated heterocycles. The SMILES string of the molecule is C[C@@H](NC(=O)CC1CC2CCC(C1)N2)c1ccccc1Br. The van der Waals surface area contributed by atoms with Gasteiger partial charge in [0.2, 0.25) is 5.91 Å². The first-order chi connectivity index (χ1) is 10.1. The second-order valence-corrected chi connectivity index (χ2v) is 7.34. The van der Waals surface area contributed by atoms with Gasteiger partial charge in [0.25, 0.3) is 0 Å². The highest BCUT2D eigenvalue weighted by molar-refractivity contribution is 9.10. The van der Waals surface area contributed by atoms with Crippen LogP contribution >= 0.6 is 15.9 Å². The third kappa shape index (κ3) is 3.67. The van der Waals surface area contributed by atoms with Gasteiger partial charge in [-0.1, -0.05) is 34.1 Å². The Kier molecular flexibility index (Phi) is 4.65. The molecule has 3 rings (SSSR count). The fraction of sp³-hybridized carbons (Fsp3) is 0.588. The molecule has 2 N–H and O–H groups in total. The van der Waals surface area contributed by atoms with E-state index in [1.165, 1.54) is 12.8 Å². The van der Waals surface area contributed by atoms with Crippen molar-refractivity contribution in [2.24, 2.45) is 5.92 Å². The second kappa shape index (κ2) is 6.49. The van der Waals surface area contributed by atoms with Crippen LogP contribution in [0.4, 0.5) is 0 Å². The molecular formula is C17H23BrN2O. The topological polar surface area (TPSA) is 41.1 Å². The molecule has 4 heteroatoms. The van der Waals surface area contributed by atoms with Gasteiger partial charge in [-0.15, -0.1) is 0 Å². The number of carbonyl (C=O) groups excluding carboxylic acids is 1. The highest BCUT2D eigenvalue weighted by Gasteiger charge is 2.34. The van der Waals surface area contributed by atoms with Gasteiger partial charge in [-0.2, -0.15) is 0 Å². The number of nitrogens with one attached hydrogen (secondary N) is 2. The molecule has 0 aliphatic carbocycles. The van der Waals surface area contributed by atoms with E-state index in [2.05, 4.69) is 32.6 Å². The van der Waals surface area contributed by atoms with Crippen LogP contribution in [0.25, 0.3) is 0 Å². The Labute approximate surface area is 135 Å². The summed E-state index contributed by atoms with van der Waals surface area (Å²) in [6, 6.07) is 9.43. The zero-order valence-corrected chi connectivity index (χ0v) is 14.0. The summed E-state index contributed by atoms with van der Waals surface area (Å²) in [7, 11) is 0. The number of amides is 1. The zero-order chi connectivity index (χ0) is 14.8. The predicted octanol–water partition coefficient (Wildman–Crippen LogP) is 3.55. The van der Waals surface area contributed by atoms with Crippen LogP contribution in [0.2, 0.25) is 0 Å². The average molecular weight is 351 g/mol. The lowest BCUT2D eigenvalue weighted by atomic mass is 9.89. The summed E-state index contributed by atoms with van der Waals surface area (Å²) in [6.07, 6.45) is 5.57. The first-order valence-electron chi connectivity index (χ1n) is 7.91. The van der Waals surface area contributed by atoms with Crippen molar-refractivity contribution in [3.05, 3.63) is 34.3 Å². The van der Waals surface area contributed by atoms with E-state index < -0.39 is 0 Å². The molecule has 0 radical (unpaired) electrons. The molecule has 0 spiro atoms. The molecule has 1 aromatic carbocycles. The van der Waals surface area contributed by atoms with Gasteiger partial charge in [0.05, 0.1) is 6.04 Å². The number of fused-ring (bicyclic) bond motifs is 2. The van der Waals surface area contributed by atoms with Crippen LogP contribution < -0.4 is 10.6 Å². The lowest BCUT2D eigenvalue weighted by Gasteiger charge is -2.29. The predicted molar refractivity (Wildman–Crippen MR) is 88.0 cm³/mol. The van der Waals surface area contributed by atoms with Crippen LogP contribution in [0.1, 0.15) is 50.6 Å². The minimum absolute atomic E-state index is 0.0477. The maximum Gasteiger partial charge on any atom is 0.220 e. The summed E-state index contributed by atoms with van der Waals surface area (Å²) in [6.45, 7) is 2.05. The normalized spacial score (nSPS) is 29.1. The Hall–Kier alpha value is -0.870. The maximum atomic E-state index is 12.3. The van der Waals surface area contributed by atoms with E-state index in [9.17, 15) is 4.79 Å². The van der Waals surface area contributed by atoms with E-state index in [-0.39, 0.29) is 11.9 Å². The van der Waals surface area contributed by atoms with Crippen molar-refractivity contribution in [2.45, 2.75) is 57.2 Å². The number of halogens is 1. The summed E-state index contributed by atoms with van der Waals surface area (Å²) in [4.78, 5) is 12.3. The number of hydrogen-bond acceptors (Lipinski definition) is 2. The Bertz CT molecular complexity index is 507. The van der Waals surface area contributed by atoms with E-state index >= 15 is 0 Å². The molecule has 114 valence electrons. The van der Waals surface area contributed by atoms with E-state index in [1.807, 2.05) is 25.1 Å². The standard InChI is InChI=1S/C17H23BrN2O/c1-11(15-4-2-3-5-16(15)18)19-17(21)10-12-8-13-6-7-14(9-12)20-13/h2-5,11-14,20H,6-10H2,1H3,(H,19,21)/t11-,12?,13?,14?/m1/s1. The van der Waals surface area contributed by atoms with Gasteiger partial charge in [0.1, 0.15) is 0 Å². The fourth-order valence-corrected chi connectivity index (χ4v) is 4.44. The number of rotatable bonds is 4. The summed E-state index contributed by atoms with van der Waals surface area (Å²) in [5, 5.41) is 6.77. The third-order valence-electron chi connectivity index (χ3n) is 4.79. The van der Waals surface area contributed by atoms with Gasteiger partial charge in [-0.25, -0.2) is 0 Å². The second-order valence-electron chi connectivity index (χ2n) is 6.49. The minimum Gasteiger partial charge on any atom is -0.350 e. The molecule has 1 amide bonds. The molecule has 2 heterocycles. The van der Waals surface area contributed by atoms with E-state index in [4.69, 9.17) is 0 Å². The summed E-state index contributed by atoms with van der Waals surface area (Å²) in [5.74, 6) is 0.736. The van der Waals surface area contributed by atoms with Gasteiger partial charge in [0.15, 0.2) is 0 Å². The lowest BCUT2D eigenvalue weighted by molar-refractivity contribution is -0.122. The molecule has 3 nitrogen and oxygen atoms in total. The van der Waals surface area contributed by atoms with Gasteiger partial charge >= 0.3 is 0 Å². The largest absolute Gasteiger partial charge is 0.350 e.